The number of urea groups is 1. The Morgan fingerprint density at radius 2 is 1.88 bits per heavy atom. The number of ketones is 1. The molecule has 0 bridgehead atoms. The van der Waals surface area contributed by atoms with Crippen LogP contribution in [0.15, 0.2) is 23.6 Å². The zero-order valence-corrected chi connectivity index (χ0v) is 19.4. The fourth-order valence-electron chi connectivity index (χ4n) is 4.39. The van der Waals surface area contributed by atoms with Crippen molar-refractivity contribution in [2.45, 2.75) is 32.7 Å². The van der Waals surface area contributed by atoms with Crippen LogP contribution >= 0.6 is 11.3 Å². The summed E-state index contributed by atoms with van der Waals surface area (Å²) < 4.78 is 25.6. The first-order valence-corrected chi connectivity index (χ1v) is 12.9. The summed E-state index contributed by atoms with van der Waals surface area (Å²) in [6, 6.07) is 4.35. The van der Waals surface area contributed by atoms with Crippen LogP contribution < -0.4 is 0 Å². The Labute approximate surface area is 189 Å². The number of amides is 4. The number of rotatable bonds is 7. The highest BCUT2D eigenvalue weighted by molar-refractivity contribution is 7.91. The van der Waals surface area contributed by atoms with E-state index in [1.165, 1.54) is 11.3 Å². The maximum Gasteiger partial charge on any atom is 0.334 e. The van der Waals surface area contributed by atoms with E-state index in [-0.39, 0.29) is 24.1 Å². The Morgan fingerprint density at radius 1 is 1.16 bits per heavy atom. The third kappa shape index (κ3) is 4.02. The lowest BCUT2D eigenvalue weighted by Crippen LogP contribution is -2.37. The molecule has 0 spiro atoms. The summed E-state index contributed by atoms with van der Waals surface area (Å²) in [7, 11) is -3.10. The lowest BCUT2D eigenvalue weighted by molar-refractivity contribution is -0.143. The fraction of sp³-hybridized carbons (Fsp3) is 0.429. The summed E-state index contributed by atoms with van der Waals surface area (Å²) in [5, 5.41) is 1.89. The van der Waals surface area contributed by atoms with E-state index in [0.29, 0.717) is 29.0 Å². The van der Waals surface area contributed by atoms with Gasteiger partial charge in [-0.15, -0.1) is 11.3 Å². The van der Waals surface area contributed by atoms with E-state index in [1.807, 2.05) is 22.1 Å². The molecule has 2 aromatic heterocycles. The van der Waals surface area contributed by atoms with Crippen molar-refractivity contribution < 1.29 is 27.6 Å². The van der Waals surface area contributed by atoms with E-state index in [0.717, 1.165) is 15.5 Å². The number of nitrogens with zero attached hydrogens (tertiary/aromatic N) is 3. The van der Waals surface area contributed by atoms with E-state index in [1.54, 1.807) is 19.9 Å². The molecule has 0 aromatic carbocycles. The molecule has 2 aliphatic heterocycles. The molecule has 1 atom stereocenters. The van der Waals surface area contributed by atoms with Gasteiger partial charge in [0.2, 0.25) is 0 Å². The molecule has 170 valence electrons. The summed E-state index contributed by atoms with van der Waals surface area (Å²) in [5.74, 6) is -2.28. The third-order valence-electron chi connectivity index (χ3n) is 5.96. The predicted octanol–water partition coefficient (Wildman–Crippen LogP) is 1.74. The maximum atomic E-state index is 13.0. The van der Waals surface area contributed by atoms with E-state index >= 15 is 0 Å². The number of imide groups is 2. The summed E-state index contributed by atoms with van der Waals surface area (Å²) in [4.78, 5) is 52.9. The Balaban J connectivity index is 1.49. The molecule has 2 aromatic rings. The van der Waals surface area contributed by atoms with Gasteiger partial charge in [-0.05, 0) is 37.8 Å². The maximum absolute atomic E-state index is 13.0. The monoisotopic (exact) mass is 477 g/mol. The van der Waals surface area contributed by atoms with Crippen LogP contribution in [0.4, 0.5) is 4.79 Å². The standard InChI is InChI=1S/C21H23N3O6S2/c1-13-10-17(14(2)24(13)15-6-9-32(29,30)12-15)18(25)11-23-20(27)19(26)22(21(23)28)7-5-16-4-3-8-31-16/h3-4,8,10,15H,5-7,9,11-12H2,1-2H3. The summed E-state index contributed by atoms with van der Waals surface area (Å²) >= 11 is 1.49. The smallest absolute Gasteiger partial charge is 0.334 e. The van der Waals surface area contributed by atoms with Crippen molar-refractivity contribution in [1.82, 2.24) is 14.4 Å². The van der Waals surface area contributed by atoms with Gasteiger partial charge in [-0.1, -0.05) is 6.07 Å². The largest absolute Gasteiger partial charge is 0.344 e. The molecule has 2 saturated heterocycles. The lowest BCUT2D eigenvalue weighted by atomic mass is 10.1. The third-order valence-corrected chi connectivity index (χ3v) is 8.64. The molecule has 0 radical (unpaired) electrons. The fourth-order valence-corrected chi connectivity index (χ4v) is 6.79. The van der Waals surface area contributed by atoms with E-state index in [4.69, 9.17) is 0 Å². The molecule has 4 heterocycles. The first-order valence-electron chi connectivity index (χ1n) is 10.2. The van der Waals surface area contributed by atoms with Crippen LogP contribution in [0.3, 0.4) is 0 Å². The minimum Gasteiger partial charge on any atom is -0.344 e. The lowest BCUT2D eigenvalue weighted by Gasteiger charge is -2.17. The second kappa shape index (κ2) is 8.28. The van der Waals surface area contributed by atoms with Crippen LogP contribution in [0, 0.1) is 13.8 Å². The second-order valence-corrected chi connectivity index (χ2v) is 11.4. The molecule has 4 amide bonds. The van der Waals surface area contributed by atoms with Gasteiger partial charge in [0.1, 0.15) is 0 Å². The highest BCUT2D eigenvalue weighted by Gasteiger charge is 2.45. The minimum atomic E-state index is -3.10. The molecule has 0 saturated carbocycles. The SMILES string of the molecule is Cc1cc(C(=O)CN2C(=O)C(=O)N(CCc3cccs3)C2=O)c(C)n1C1CCS(=O)(=O)C1. The molecule has 11 heteroatoms. The first kappa shape index (κ1) is 22.4. The molecule has 2 fully saturated rings. The number of thiophene rings is 1. The predicted molar refractivity (Wildman–Crippen MR) is 117 cm³/mol. The molecule has 1 unspecified atom stereocenters. The van der Waals surface area contributed by atoms with E-state index in [2.05, 4.69) is 0 Å². The van der Waals surface area contributed by atoms with Crippen molar-refractivity contribution >= 4 is 44.8 Å². The quantitative estimate of drug-likeness (QED) is 0.341. The number of hydrogen-bond acceptors (Lipinski definition) is 7. The van der Waals surface area contributed by atoms with Gasteiger partial charge in [0, 0.05) is 40.8 Å². The van der Waals surface area contributed by atoms with Crippen LogP contribution in [-0.2, 0) is 25.8 Å². The molecule has 9 nitrogen and oxygen atoms in total. The van der Waals surface area contributed by atoms with Crippen molar-refractivity contribution in [1.29, 1.82) is 0 Å². The Bertz CT molecular complexity index is 1210. The normalized spacial score (nSPS) is 20.6. The first-order chi connectivity index (χ1) is 15.1. The van der Waals surface area contributed by atoms with Crippen LogP contribution in [0.25, 0.3) is 0 Å². The average molecular weight is 478 g/mol. The molecular formula is C21H23N3O6S2. The van der Waals surface area contributed by atoms with Gasteiger partial charge in [-0.2, -0.15) is 0 Å². The van der Waals surface area contributed by atoms with Gasteiger partial charge in [-0.3, -0.25) is 19.3 Å². The molecular weight excluding hydrogens is 454 g/mol. The Morgan fingerprint density at radius 3 is 2.50 bits per heavy atom. The number of carbonyl (C=O) groups excluding carboxylic acids is 4. The van der Waals surface area contributed by atoms with Crippen molar-refractivity contribution in [3.8, 4) is 0 Å². The summed E-state index contributed by atoms with van der Waals surface area (Å²) in [6.07, 6.45) is 0.915. The molecule has 32 heavy (non-hydrogen) atoms. The Kier molecular flexibility index (Phi) is 5.80. The van der Waals surface area contributed by atoms with Crippen LogP contribution in [0.2, 0.25) is 0 Å². The molecule has 2 aliphatic rings. The van der Waals surface area contributed by atoms with Crippen LogP contribution in [0.1, 0.15) is 39.1 Å². The van der Waals surface area contributed by atoms with Crippen molar-refractivity contribution in [2.75, 3.05) is 24.6 Å². The van der Waals surface area contributed by atoms with Gasteiger partial charge in [0.05, 0.1) is 18.1 Å². The molecule has 4 rings (SSSR count). The summed E-state index contributed by atoms with van der Waals surface area (Å²) in [5.41, 5.74) is 1.65. The van der Waals surface area contributed by atoms with Gasteiger partial charge >= 0.3 is 17.8 Å². The van der Waals surface area contributed by atoms with Gasteiger partial charge in [0.15, 0.2) is 15.6 Å². The number of carbonyl (C=O) groups is 4. The number of sulfone groups is 1. The molecule has 0 N–H and O–H groups in total. The topological polar surface area (TPSA) is 114 Å². The van der Waals surface area contributed by atoms with Crippen LogP contribution in [0.5, 0.6) is 0 Å². The summed E-state index contributed by atoms with van der Waals surface area (Å²) in [6.45, 7) is 3.04. The number of hydrogen-bond donors (Lipinski definition) is 0. The van der Waals surface area contributed by atoms with Gasteiger partial charge in [0.25, 0.3) is 0 Å². The zero-order valence-electron chi connectivity index (χ0n) is 17.7. The zero-order chi connectivity index (χ0) is 23.2. The van der Waals surface area contributed by atoms with Crippen molar-refractivity contribution in [3.63, 3.8) is 0 Å². The van der Waals surface area contributed by atoms with Gasteiger partial charge in [-0.25, -0.2) is 18.1 Å². The highest BCUT2D eigenvalue weighted by Crippen LogP contribution is 2.29. The van der Waals surface area contributed by atoms with Gasteiger partial charge < -0.3 is 4.57 Å². The van der Waals surface area contributed by atoms with E-state index in [9.17, 15) is 27.6 Å². The van der Waals surface area contributed by atoms with Crippen molar-refractivity contribution in [2.24, 2.45) is 0 Å². The second-order valence-electron chi connectivity index (χ2n) is 8.09. The highest BCUT2D eigenvalue weighted by atomic mass is 32.2. The van der Waals surface area contributed by atoms with Crippen molar-refractivity contribution in [3.05, 3.63) is 45.4 Å². The number of aryl methyl sites for hydroxylation is 1. The van der Waals surface area contributed by atoms with Crippen LogP contribution in [-0.4, -0.2) is 71.0 Å². The number of aromatic nitrogens is 1. The Hall–Kier alpha value is -2.79. The number of Topliss-reactive ketones (excluding diaryl/α,β-unsaturated/α-hetero) is 1. The minimum absolute atomic E-state index is 0.0216. The van der Waals surface area contributed by atoms with E-state index < -0.39 is 40.0 Å². The average Bonchev–Trinajstić information content (AvgIpc) is 3.47. The molecule has 0 aliphatic carbocycles.